The van der Waals surface area contributed by atoms with Crippen LogP contribution in [-0.2, 0) is 4.79 Å². The van der Waals surface area contributed by atoms with Crippen molar-refractivity contribution < 1.29 is 9.90 Å². The largest absolute Gasteiger partial charge is 0.390 e. The summed E-state index contributed by atoms with van der Waals surface area (Å²) in [5.41, 5.74) is -0.451. The molecule has 0 bridgehead atoms. The van der Waals surface area contributed by atoms with Crippen LogP contribution in [0, 0.1) is 5.92 Å². The molecule has 0 aromatic heterocycles. The summed E-state index contributed by atoms with van der Waals surface area (Å²) in [7, 11) is 0. The average molecular weight is 282 g/mol. The first-order valence-corrected chi connectivity index (χ1v) is 8.31. The molecule has 2 rings (SSSR count). The van der Waals surface area contributed by atoms with E-state index in [1.54, 1.807) is 0 Å². The molecule has 0 aromatic rings. The van der Waals surface area contributed by atoms with Crippen molar-refractivity contribution in [1.82, 2.24) is 10.2 Å². The first kappa shape index (κ1) is 15.8. The lowest BCUT2D eigenvalue weighted by Crippen LogP contribution is -2.57. The molecule has 1 aliphatic heterocycles. The van der Waals surface area contributed by atoms with Gasteiger partial charge in [0, 0.05) is 25.6 Å². The lowest BCUT2D eigenvalue weighted by Gasteiger charge is -2.48. The molecule has 3 atom stereocenters. The number of nitrogens with one attached hydrogen (secondary N) is 1. The number of fused-ring (bicyclic) bond motifs is 1. The zero-order valence-corrected chi connectivity index (χ0v) is 13.0. The van der Waals surface area contributed by atoms with Gasteiger partial charge in [0.15, 0.2) is 0 Å². The molecule has 0 radical (unpaired) electrons. The minimum atomic E-state index is -0.451. The highest BCUT2D eigenvalue weighted by atomic mass is 16.3. The third kappa shape index (κ3) is 3.53. The predicted octanol–water partition coefficient (Wildman–Crippen LogP) is 1.92. The summed E-state index contributed by atoms with van der Waals surface area (Å²) >= 11 is 0. The first-order chi connectivity index (χ1) is 9.57. The van der Waals surface area contributed by atoms with Gasteiger partial charge in [-0.25, -0.2) is 0 Å². The van der Waals surface area contributed by atoms with Crippen molar-refractivity contribution >= 4 is 5.91 Å². The second-order valence-corrected chi connectivity index (χ2v) is 6.61. The number of aliphatic hydroxyl groups is 1. The maximum Gasteiger partial charge on any atom is 0.237 e. The molecule has 4 nitrogen and oxygen atoms in total. The van der Waals surface area contributed by atoms with E-state index in [4.69, 9.17) is 0 Å². The van der Waals surface area contributed by atoms with Gasteiger partial charge in [0.05, 0.1) is 11.6 Å². The number of hydrogen-bond donors (Lipinski definition) is 2. The Kier molecular flexibility index (Phi) is 5.44. The number of rotatable bonds is 5. The summed E-state index contributed by atoms with van der Waals surface area (Å²) in [4.78, 5) is 14.4. The fourth-order valence-corrected chi connectivity index (χ4v) is 3.65. The van der Waals surface area contributed by atoms with Crippen LogP contribution in [-0.4, -0.2) is 47.2 Å². The number of carbonyl (C=O) groups is 1. The van der Waals surface area contributed by atoms with E-state index in [1.165, 1.54) is 6.42 Å². The van der Waals surface area contributed by atoms with Crippen molar-refractivity contribution in [3.05, 3.63) is 0 Å². The number of amides is 1. The lowest BCUT2D eigenvalue weighted by molar-refractivity contribution is -0.133. The molecular formula is C16H30N2O2. The van der Waals surface area contributed by atoms with Crippen molar-refractivity contribution in [2.45, 2.75) is 70.4 Å². The number of likely N-dealkylation sites (tertiary alicyclic amines) is 1. The Morgan fingerprint density at radius 3 is 3.00 bits per heavy atom. The molecule has 116 valence electrons. The molecule has 20 heavy (non-hydrogen) atoms. The van der Waals surface area contributed by atoms with E-state index < -0.39 is 5.60 Å². The van der Waals surface area contributed by atoms with E-state index in [2.05, 4.69) is 17.1 Å². The van der Waals surface area contributed by atoms with Crippen LogP contribution in [0.4, 0.5) is 0 Å². The summed E-state index contributed by atoms with van der Waals surface area (Å²) in [6.45, 7) is 6.62. The van der Waals surface area contributed by atoms with Gasteiger partial charge in [0.2, 0.25) is 5.91 Å². The third-order valence-corrected chi connectivity index (χ3v) is 5.22. The Labute approximate surface area is 122 Å². The van der Waals surface area contributed by atoms with E-state index in [9.17, 15) is 9.90 Å². The van der Waals surface area contributed by atoms with Crippen LogP contribution < -0.4 is 5.32 Å². The van der Waals surface area contributed by atoms with Gasteiger partial charge in [-0.05, 0) is 32.6 Å². The van der Waals surface area contributed by atoms with Crippen molar-refractivity contribution in [3.8, 4) is 0 Å². The Morgan fingerprint density at radius 1 is 1.45 bits per heavy atom. The van der Waals surface area contributed by atoms with E-state index in [0.717, 1.165) is 58.2 Å². The molecule has 2 N–H and O–H groups in total. The topological polar surface area (TPSA) is 52.6 Å². The maximum absolute atomic E-state index is 12.1. The quantitative estimate of drug-likeness (QED) is 0.758. The van der Waals surface area contributed by atoms with Crippen LogP contribution in [0.1, 0.15) is 58.8 Å². The Balaban J connectivity index is 1.85. The Bertz CT molecular complexity index is 334. The molecule has 1 saturated carbocycles. The molecule has 4 heteroatoms. The molecule has 3 unspecified atom stereocenters. The monoisotopic (exact) mass is 282 g/mol. The summed E-state index contributed by atoms with van der Waals surface area (Å²) < 4.78 is 0. The highest BCUT2D eigenvalue weighted by molar-refractivity contribution is 5.81. The molecule has 0 spiro atoms. The van der Waals surface area contributed by atoms with Crippen LogP contribution >= 0.6 is 0 Å². The number of unbranched alkanes of at least 4 members (excludes halogenated alkanes) is 1. The number of hydrogen-bond acceptors (Lipinski definition) is 3. The smallest absolute Gasteiger partial charge is 0.237 e. The van der Waals surface area contributed by atoms with E-state index in [-0.39, 0.29) is 11.9 Å². The fraction of sp³-hybridized carbons (Fsp3) is 0.938. The van der Waals surface area contributed by atoms with Crippen molar-refractivity contribution in [1.29, 1.82) is 0 Å². The van der Waals surface area contributed by atoms with Crippen molar-refractivity contribution in [3.63, 3.8) is 0 Å². The minimum absolute atomic E-state index is 0.0710. The van der Waals surface area contributed by atoms with Gasteiger partial charge < -0.3 is 10.4 Å². The van der Waals surface area contributed by atoms with Gasteiger partial charge in [-0.3, -0.25) is 9.69 Å². The SMILES string of the molecule is CCCCNC(=O)C(C)N1CCC2(O)CCCCC2C1. The van der Waals surface area contributed by atoms with Crippen LogP contribution in [0.25, 0.3) is 0 Å². The van der Waals surface area contributed by atoms with Crippen LogP contribution in [0.15, 0.2) is 0 Å². The predicted molar refractivity (Wildman–Crippen MR) is 80.5 cm³/mol. The van der Waals surface area contributed by atoms with Crippen LogP contribution in [0.5, 0.6) is 0 Å². The number of piperidine rings is 1. The van der Waals surface area contributed by atoms with Crippen molar-refractivity contribution in [2.24, 2.45) is 5.92 Å². The Hall–Kier alpha value is -0.610. The van der Waals surface area contributed by atoms with Gasteiger partial charge in [-0.15, -0.1) is 0 Å². The molecule has 1 saturated heterocycles. The summed E-state index contributed by atoms with van der Waals surface area (Å²) in [6.07, 6.45) is 7.40. The van der Waals surface area contributed by atoms with Gasteiger partial charge in [0.1, 0.15) is 0 Å². The second-order valence-electron chi connectivity index (χ2n) is 6.61. The molecule has 0 aromatic carbocycles. The number of nitrogens with zero attached hydrogens (tertiary/aromatic N) is 1. The van der Waals surface area contributed by atoms with E-state index in [0.29, 0.717) is 5.92 Å². The third-order valence-electron chi connectivity index (χ3n) is 5.22. The highest BCUT2D eigenvalue weighted by Gasteiger charge is 2.44. The minimum Gasteiger partial charge on any atom is -0.390 e. The maximum atomic E-state index is 12.1. The zero-order chi connectivity index (χ0) is 14.6. The normalized spacial score (nSPS) is 32.5. The molecule has 1 aliphatic carbocycles. The van der Waals surface area contributed by atoms with Gasteiger partial charge >= 0.3 is 0 Å². The van der Waals surface area contributed by atoms with Gasteiger partial charge in [-0.2, -0.15) is 0 Å². The fourth-order valence-electron chi connectivity index (χ4n) is 3.65. The van der Waals surface area contributed by atoms with Gasteiger partial charge in [-0.1, -0.05) is 26.2 Å². The standard InChI is InChI=1S/C16H30N2O2/c1-3-4-10-17-15(19)13(2)18-11-9-16(20)8-6-5-7-14(16)12-18/h13-14,20H,3-12H2,1-2H3,(H,17,19). The first-order valence-electron chi connectivity index (χ1n) is 8.31. The summed E-state index contributed by atoms with van der Waals surface area (Å²) in [6, 6.07) is -0.0710. The highest BCUT2D eigenvalue weighted by Crippen LogP contribution is 2.40. The average Bonchev–Trinajstić information content (AvgIpc) is 2.45. The molecular weight excluding hydrogens is 252 g/mol. The van der Waals surface area contributed by atoms with E-state index in [1.807, 2.05) is 6.92 Å². The van der Waals surface area contributed by atoms with E-state index >= 15 is 0 Å². The molecule has 1 heterocycles. The molecule has 2 fully saturated rings. The Morgan fingerprint density at radius 2 is 2.25 bits per heavy atom. The van der Waals surface area contributed by atoms with Crippen LogP contribution in [0.2, 0.25) is 0 Å². The molecule has 2 aliphatic rings. The van der Waals surface area contributed by atoms with Gasteiger partial charge in [0.25, 0.3) is 0 Å². The zero-order valence-electron chi connectivity index (χ0n) is 13.0. The second kappa shape index (κ2) is 6.90. The van der Waals surface area contributed by atoms with Crippen molar-refractivity contribution in [2.75, 3.05) is 19.6 Å². The number of carbonyl (C=O) groups excluding carboxylic acids is 1. The van der Waals surface area contributed by atoms with Crippen LogP contribution in [0.3, 0.4) is 0 Å². The molecule has 1 amide bonds. The summed E-state index contributed by atoms with van der Waals surface area (Å²) in [5, 5.41) is 13.7. The lowest BCUT2D eigenvalue weighted by atomic mass is 9.71. The summed E-state index contributed by atoms with van der Waals surface area (Å²) in [5.74, 6) is 0.496.